The summed E-state index contributed by atoms with van der Waals surface area (Å²) in [6.07, 6.45) is 3.56. The number of hydrogen-bond acceptors (Lipinski definition) is 2. The second-order valence-corrected chi connectivity index (χ2v) is 8.56. The average molecular weight is 251 g/mol. The summed E-state index contributed by atoms with van der Waals surface area (Å²) in [7, 11) is 0. The van der Waals surface area contributed by atoms with Crippen molar-refractivity contribution >= 4 is 5.78 Å². The molecule has 2 fully saturated rings. The third-order valence-corrected chi connectivity index (χ3v) is 4.86. The molecule has 1 heterocycles. The van der Waals surface area contributed by atoms with Gasteiger partial charge in [-0.3, -0.25) is 9.69 Å². The summed E-state index contributed by atoms with van der Waals surface area (Å²) in [6.45, 7) is 15.4. The molecule has 2 heteroatoms. The van der Waals surface area contributed by atoms with Crippen LogP contribution in [0.5, 0.6) is 0 Å². The summed E-state index contributed by atoms with van der Waals surface area (Å²) >= 11 is 0. The molecule has 0 N–H and O–H groups in total. The molecular weight excluding hydrogens is 222 g/mol. The predicted octanol–water partition coefficient (Wildman–Crippen LogP) is 3.50. The number of carbonyl (C=O) groups is 1. The van der Waals surface area contributed by atoms with Crippen LogP contribution < -0.4 is 0 Å². The van der Waals surface area contributed by atoms with Crippen LogP contribution in [0.4, 0.5) is 0 Å². The number of hydrogen-bond donors (Lipinski definition) is 0. The van der Waals surface area contributed by atoms with Crippen molar-refractivity contribution in [1.29, 1.82) is 0 Å². The molecule has 1 spiro atoms. The van der Waals surface area contributed by atoms with Crippen LogP contribution in [0.15, 0.2) is 0 Å². The third-order valence-electron chi connectivity index (χ3n) is 4.86. The number of rotatable bonds is 1. The predicted molar refractivity (Wildman–Crippen MR) is 75.6 cm³/mol. The van der Waals surface area contributed by atoms with Gasteiger partial charge in [0.15, 0.2) is 0 Å². The molecule has 0 aromatic heterocycles. The summed E-state index contributed by atoms with van der Waals surface area (Å²) in [5.74, 6) is 0.812. The molecule has 0 radical (unpaired) electrons. The van der Waals surface area contributed by atoms with Gasteiger partial charge in [-0.15, -0.1) is 0 Å². The van der Waals surface area contributed by atoms with Crippen molar-refractivity contribution in [3.8, 4) is 0 Å². The second kappa shape index (κ2) is 4.06. The standard InChI is InChI=1S/C16H29NO/c1-14(2,3)13(18)12-9-16(10-12)7-8-17(11-16)15(4,5)6/h12H,7-11H2,1-6H3. The fraction of sp³-hybridized carbons (Fsp3) is 0.938. The van der Waals surface area contributed by atoms with Gasteiger partial charge in [-0.2, -0.15) is 0 Å². The first-order valence-corrected chi connectivity index (χ1v) is 7.33. The van der Waals surface area contributed by atoms with E-state index in [2.05, 4.69) is 46.4 Å². The van der Waals surface area contributed by atoms with Crippen LogP contribution in [-0.2, 0) is 4.79 Å². The highest BCUT2D eigenvalue weighted by Crippen LogP contribution is 2.54. The van der Waals surface area contributed by atoms with Gasteiger partial charge in [0, 0.05) is 23.4 Å². The highest BCUT2D eigenvalue weighted by atomic mass is 16.1. The first-order chi connectivity index (χ1) is 8.04. The normalized spacial score (nSPS) is 33.8. The highest BCUT2D eigenvalue weighted by Gasteiger charge is 2.53. The van der Waals surface area contributed by atoms with Crippen LogP contribution in [-0.4, -0.2) is 29.3 Å². The average Bonchev–Trinajstić information content (AvgIpc) is 2.56. The van der Waals surface area contributed by atoms with Gasteiger partial charge >= 0.3 is 0 Å². The topological polar surface area (TPSA) is 20.3 Å². The van der Waals surface area contributed by atoms with Crippen molar-refractivity contribution in [1.82, 2.24) is 4.90 Å². The maximum absolute atomic E-state index is 12.3. The molecule has 0 aromatic carbocycles. The van der Waals surface area contributed by atoms with Crippen LogP contribution >= 0.6 is 0 Å². The summed E-state index contributed by atoms with van der Waals surface area (Å²) in [4.78, 5) is 14.8. The second-order valence-electron chi connectivity index (χ2n) is 8.56. The van der Waals surface area contributed by atoms with E-state index >= 15 is 0 Å². The summed E-state index contributed by atoms with van der Waals surface area (Å²) < 4.78 is 0. The molecule has 1 saturated carbocycles. The molecule has 18 heavy (non-hydrogen) atoms. The van der Waals surface area contributed by atoms with Gasteiger partial charge in [-0.05, 0) is 52.0 Å². The first-order valence-electron chi connectivity index (χ1n) is 7.33. The van der Waals surface area contributed by atoms with Crippen molar-refractivity contribution < 1.29 is 4.79 Å². The van der Waals surface area contributed by atoms with E-state index in [4.69, 9.17) is 0 Å². The zero-order valence-corrected chi connectivity index (χ0v) is 13.0. The van der Waals surface area contributed by atoms with Crippen molar-refractivity contribution in [2.24, 2.45) is 16.7 Å². The summed E-state index contributed by atoms with van der Waals surface area (Å²) in [5, 5.41) is 0. The molecule has 1 aliphatic heterocycles. The van der Waals surface area contributed by atoms with Gasteiger partial charge in [0.05, 0.1) is 0 Å². The molecule has 0 amide bonds. The number of likely N-dealkylation sites (tertiary alicyclic amines) is 1. The Bertz CT molecular complexity index is 339. The van der Waals surface area contributed by atoms with Crippen molar-refractivity contribution in [3.63, 3.8) is 0 Å². The maximum atomic E-state index is 12.3. The van der Waals surface area contributed by atoms with E-state index in [1.165, 1.54) is 19.5 Å². The fourth-order valence-electron chi connectivity index (χ4n) is 3.62. The number of Topliss-reactive ketones (excluding diaryl/α,β-unsaturated/α-hetero) is 1. The number of ketones is 1. The Balaban J connectivity index is 1.92. The minimum absolute atomic E-state index is 0.158. The van der Waals surface area contributed by atoms with E-state index in [1.807, 2.05) is 0 Å². The van der Waals surface area contributed by atoms with E-state index in [0.29, 0.717) is 17.1 Å². The van der Waals surface area contributed by atoms with Crippen LogP contribution in [0, 0.1) is 16.7 Å². The van der Waals surface area contributed by atoms with E-state index in [-0.39, 0.29) is 11.0 Å². The third kappa shape index (κ3) is 2.49. The molecular formula is C16H29NO. The maximum Gasteiger partial charge on any atom is 0.141 e. The van der Waals surface area contributed by atoms with E-state index < -0.39 is 0 Å². The van der Waals surface area contributed by atoms with Gasteiger partial charge in [0.2, 0.25) is 0 Å². The molecule has 1 saturated heterocycles. The van der Waals surface area contributed by atoms with Crippen molar-refractivity contribution in [3.05, 3.63) is 0 Å². The molecule has 2 nitrogen and oxygen atoms in total. The van der Waals surface area contributed by atoms with Crippen molar-refractivity contribution in [2.45, 2.75) is 66.3 Å². The molecule has 0 unspecified atom stereocenters. The largest absolute Gasteiger partial charge is 0.299 e. The van der Waals surface area contributed by atoms with Gasteiger partial charge in [0.1, 0.15) is 5.78 Å². The minimum Gasteiger partial charge on any atom is -0.299 e. The lowest BCUT2D eigenvalue weighted by molar-refractivity contribution is -0.138. The van der Waals surface area contributed by atoms with E-state index in [9.17, 15) is 4.79 Å². The molecule has 104 valence electrons. The Morgan fingerprint density at radius 3 is 2.06 bits per heavy atom. The molecule has 2 rings (SSSR count). The lowest BCUT2D eigenvalue weighted by Gasteiger charge is -2.47. The SMILES string of the molecule is CC(C)(C)C(=O)C1CC2(CCN(C(C)(C)C)C2)C1. The van der Waals surface area contributed by atoms with Crippen LogP contribution in [0.1, 0.15) is 60.8 Å². The Morgan fingerprint density at radius 1 is 1.11 bits per heavy atom. The minimum atomic E-state index is -0.158. The molecule has 0 bridgehead atoms. The van der Waals surface area contributed by atoms with Gasteiger partial charge in [0.25, 0.3) is 0 Å². The quantitative estimate of drug-likeness (QED) is 0.711. The lowest BCUT2D eigenvalue weighted by Crippen LogP contribution is -2.48. The smallest absolute Gasteiger partial charge is 0.141 e. The van der Waals surface area contributed by atoms with E-state index in [0.717, 1.165) is 12.8 Å². The van der Waals surface area contributed by atoms with Crippen LogP contribution in [0.2, 0.25) is 0 Å². The van der Waals surface area contributed by atoms with Crippen LogP contribution in [0.25, 0.3) is 0 Å². The number of carbonyl (C=O) groups excluding carboxylic acids is 1. The fourth-order valence-corrected chi connectivity index (χ4v) is 3.62. The van der Waals surface area contributed by atoms with Gasteiger partial charge in [-0.1, -0.05) is 20.8 Å². The molecule has 2 aliphatic rings. The summed E-state index contributed by atoms with van der Waals surface area (Å²) in [6, 6.07) is 0. The zero-order valence-electron chi connectivity index (χ0n) is 13.0. The lowest BCUT2D eigenvalue weighted by atomic mass is 9.57. The highest BCUT2D eigenvalue weighted by molar-refractivity contribution is 5.86. The Morgan fingerprint density at radius 2 is 1.67 bits per heavy atom. The Hall–Kier alpha value is -0.370. The summed E-state index contributed by atoms with van der Waals surface area (Å²) in [5.41, 5.74) is 0.593. The first kappa shape index (κ1) is 14.0. The Labute approximate surface area is 112 Å². The molecule has 0 aromatic rings. The molecule has 1 aliphatic carbocycles. The number of nitrogens with zero attached hydrogens (tertiary/aromatic N) is 1. The van der Waals surface area contributed by atoms with E-state index in [1.54, 1.807) is 0 Å². The monoisotopic (exact) mass is 251 g/mol. The van der Waals surface area contributed by atoms with Crippen LogP contribution in [0.3, 0.4) is 0 Å². The molecule has 0 atom stereocenters. The van der Waals surface area contributed by atoms with Gasteiger partial charge < -0.3 is 0 Å². The van der Waals surface area contributed by atoms with Gasteiger partial charge in [-0.25, -0.2) is 0 Å². The zero-order chi connectivity index (χ0) is 13.8. The van der Waals surface area contributed by atoms with Crippen molar-refractivity contribution in [2.75, 3.05) is 13.1 Å². The Kier molecular flexibility index (Phi) is 3.17.